The first-order chi connectivity index (χ1) is 33.3. The van der Waals surface area contributed by atoms with Gasteiger partial charge >= 0.3 is 23.9 Å². The average molecular weight is 921 g/mol. The Labute approximate surface area is 400 Å². The van der Waals surface area contributed by atoms with Gasteiger partial charge in [-0.1, -0.05) is 116 Å². The van der Waals surface area contributed by atoms with Crippen LogP contribution in [-0.2, 0) is 0 Å². The number of ether oxygens (including phenoxy) is 6. The van der Waals surface area contributed by atoms with Crippen LogP contribution in [-0.4, -0.2) is 37.1 Å². The van der Waals surface area contributed by atoms with E-state index in [-0.39, 0.29) is 28.4 Å². The quantitative estimate of drug-likeness (QED) is 0.0267. The van der Waals surface area contributed by atoms with Gasteiger partial charge in [-0.3, -0.25) is 0 Å². The van der Waals surface area contributed by atoms with Crippen molar-refractivity contribution in [1.82, 2.24) is 0 Å². The second-order valence-corrected chi connectivity index (χ2v) is 17.0. The Kier molecular flexibility index (Phi) is 20.5. The third-order valence-corrected chi connectivity index (χ3v) is 11.5. The van der Waals surface area contributed by atoms with Crippen LogP contribution < -0.4 is 28.4 Å². The summed E-state index contributed by atoms with van der Waals surface area (Å²) in [5.41, 5.74) is 1.20. The molecule has 0 aliphatic heterocycles. The van der Waals surface area contributed by atoms with Crippen LogP contribution in [0, 0.1) is 0 Å². The number of fused-ring (bicyclic) bond motifs is 1. The Balaban J connectivity index is 0.918. The van der Waals surface area contributed by atoms with Crippen molar-refractivity contribution >= 4 is 34.6 Å². The minimum atomic E-state index is -0.611. The smallest absolute Gasteiger partial charge is 0.343 e. The monoisotopic (exact) mass is 920 g/mol. The average Bonchev–Trinajstić information content (AvgIpc) is 3.36. The van der Waals surface area contributed by atoms with Gasteiger partial charge in [0.1, 0.15) is 34.5 Å². The van der Waals surface area contributed by atoms with Gasteiger partial charge in [0.2, 0.25) is 0 Å². The largest absolute Gasteiger partial charge is 0.494 e. The van der Waals surface area contributed by atoms with E-state index < -0.39 is 23.9 Å². The summed E-state index contributed by atoms with van der Waals surface area (Å²) in [5.74, 6) is 0.317. The normalized spacial score (nSPS) is 10.9. The molecule has 6 aromatic rings. The third-order valence-electron chi connectivity index (χ3n) is 11.5. The predicted molar refractivity (Wildman–Crippen MR) is 266 cm³/mol. The molecule has 0 bridgehead atoms. The number of rotatable bonds is 28. The molecule has 68 heavy (non-hydrogen) atoms. The Morgan fingerprint density at radius 3 is 1.01 bits per heavy atom. The number of unbranched alkanes of at least 4 members (excludes halogenated alkanes) is 14. The number of carbonyl (C=O) groups excluding carboxylic acids is 4. The lowest BCUT2D eigenvalue weighted by molar-refractivity contribution is 0.0719. The molecule has 0 aromatic heterocycles. The van der Waals surface area contributed by atoms with E-state index in [1.807, 2.05) is 0 Å². The summed E-state index contributed by atoms with van der Waals surface area (Å²) in [7, 11) is 0. The fraction of sp³-hybridized carbons (Fsp3) is 0.345. The van der Waals surface area contributed by atoms with Crippen LogP contribution in [0.4, 0.5) is 0 Å². The molecule has 10 heteroatoms. The second kappa shape index (κ2) is 27.6. The summed E-state index contributed by atoms with van der Waals surface area (Å²) >= 11 is 0. The maximum absolute atomic E-state index is 13.2. The van der Waals surface area contributed by atoms with Crippen LogP contribution in [0.5, 0.6) is 34.5 Å². The third kappa shape index (κ3) is 16.7. The Morgan fingerprint density at radius 1 is 0.294 bits per heavy atom. The minimum Gasteiger partial charge on any atom is -0.494 e. The summed E-state index contributed by atoms with van der Waals surface area (Å²) < 4.78 is 34.1. The van der Waals surface area contributed by atoms with Crippen LogP contribution in [0.15, 0.2) is 133 Å². The number of hydrogen-bond acceptors (Lipinski definition) is 10. The van der Waals surface area contributed by atoms with Gasteiger partial charge < -0.3 is 28.4 Å². The molecular formula is C58H64O10. The maximum atomic E-state index is 13.2. The topological polar surface area (TPSA) is 124 Å². The van der Waals surface area contributed by atoms with Crippen LogP contribution in [0.25, 0.3) is 10.8 Å². The van der Waals surface area contributed by atoms with E-state index in [0.717, 1.165) is 36.8 Å². The molecule has 0 fully saturated rings. The minimum absolute atomic E-state index is 0.247. The molecule has 0 aliphatic rings. The first kappa shape index (κ1) is 50.5. The van der Waals surface area contributed by atoms with Crippen molar-refractivity contribution in [3.8, 4) is 34.5 Å². The zero-order chi connectivity index (χ0) is 47.8. The number of esters is 4. The first-order valence-electron chi connectivity index (χ1n) is 24.4. The molecule has 0 aliphatic carbocycles. The van der Waals surface area contributed by atoms with Crippen molar-refractivity contribution in [1.29, 1.82) is 0 Å². The molecular weight excluding hydrogens is 857 g/mol. The lowest BCUT2D eigenvalue weighted by Gasteiger charge is -2.09. The number of carbonyl (C=O) groups is 4. The molecule has 0 unspecified atom stereocenters. The molecule has 0 atom stereocenters. The molecule has 0 spiro atoms. The van der Waals surface area contributed by atoms with Crippen LogP contribution in [0.2, 0.25) is 0 Å². The highest BCUT2D eigenvalue weighted by Crippen LogP contribution is 2.26. The van der Waals surface area contributed by atoms with Crippen molar-refractivity contribution < 1.29 is 47.6 Å². The van der Waals surface area contributed by atoms with E-state index in [1.54, 1.807) is 84.9 Å². The van der Waals surface area contributed by atoms with Crippen LogP contribution in [0.1, 0.15) is 158 Å². The Bertz CT molecular complexity index is 2490. The molecule has 356 valence electrons. The summed E-state index contributed by atoms with van der Waals surface area (Å²) in [6.45, 7) is 5.75. The summed E-state index contributed by atoms with van der Waals surface area (Å²) in [4.78, 5) is 52.0. The van der Waals surface area contributed by atoms with Crippen molar-refractivity contribution in [3.05, 3.63) is 156 Å². The lowest BCUT2D eigenvalue weighted by Crippen LogP contribution is -2.11. The SMILES string of the molecule is CCCCCCCCCCOc1ccc(OC(=O)c2ccc(OC(=O)c3ccc4ccc(OC(=O)c5ccc(OC(=O)c6ccc(OCCCCCCCCCC)cc6)cc5)cc4c3)cc2)cc1. The summed E-state index contributed by atoms with van der Waals surface area (Å²) in [5, 5.41) is 1.47. The summed E-state index contributed by atoms with van der Waals surface area (Å²) in [6, 6.07) is 36.2. The van der Waals surface area contributed by atoms with Crippen molar-refractivity contribution in [2.24, 2.45) is 0 Å². The molecule has 0 saturated heterocycles. The van der Waals surface area contributed by atoms with E-state index in [9.17, 15) is 19.2 Å². The molecule has 6 rings (SSSR count). The maximum Gasteiger partial charge on any atom is 0.343 e. The van der Waals surface area contributed by atoms with Gasteiger partial charge in [0.15, 0.2) is 0 Å². The van der Waals surface area contributed by atoms with Crippen molar-refractivity contribution in [2.45, 2.75) is 117 Å². The van der Waals surface area contributed by atoms with E-state index in [4.69, 9.17) is 28.4 Å². The second-order valence-electron chi connectivity index (χ2n) is 17.0. The molecule has 0 amide bonds. The van der Waals surface area contributed by atoms with Gasteiger partial charge in [-0.25, -0.2) is 19.2 Å². The highest BCUT2D eigenvalue weighted by molar-refractivity contribution is 5.98. The van der Waals surface area contributed by atoms with Gasteiger partial charge in [0.05, 0.1) is 35.5 Å². The van der Waals surface area contributed by atoms with Gasteiger partial charge in [0, 0.05) is 0 Å². The summed E-state index contributed by atoms with van der Waals surface area (Å²) in [6.07, 6.45) is 19.7. The van der Waals surface area contributed by atoms with Gasteiger partial charge in [0.25, 0.3) is 0 Å². The zero-order valence-corrected chi connectivity index (χ0v) is 39.5. The van der Waals surface area contributed by atoms with E-state index in [2.05, 4.69) is 13.8 Å². The van der Waals surface area contributed by atoms with Gasteiger partial charge in [-0.15, -0.1) is 0 Å². The molecule has 10 nitrogen and oxygen atoms in total. The fourth-order valence-corrected chi connectivity index (χ4v) is 7.54. The van der Waals surface area contributed by atoms with E-state index in [0.29, 0.717) is 41.2 Å². The van der Waals surface area contributed by atoms with E-state index >= 15 is 0 Å². The highest BCUT2D eigenvalue weighted by atomic mass is 16.5. The van der Waals surface area contributed by atoms with Gasteiger partial charge in [-0.05, 0) is 145 Å². The molecule has 0 N–H and O–H groups in total. The lowest BCUT2D eigenvalue weighted by atomic mass is 10.1. The zero-order valence-electron chi connectivity index (χ0n) is 39.5. The highest BCUT2D eigenvalue weighted by Gasteiger charge is 2.15. The molecule has 0 heterocycles. The Morgan fingerprint density at radius 2 is 0.588 bits per heavy atom. The Hall–Kier alpha value is -6.94. The first-order valence-corrected chi connectivity index (χ1v) is 24.4. The van der Waals surface area contributed by atoms with E-state index in [1.165, 1.54) is 126 Å². The van der Waals surface area contributed by atoms with Crippen LogP contribution in [0.3, 0.4) is 0 Å². The van der Waals surface area contributed by atoms with Gasteiger partial charge in [-0.2, -0.15) is 0 Å². The number of hydrogen-bond donors (Lipinski definition) is 0. The fourth-order valence-electron chi connectivity index (χ4n) is 7.54. The standard InChI is InChI=1S/C58H64O10/c1-3-5-7-9-11-13-15-17-39-63-49-28-22-44(23-29-49)55(59)65-51-30-26-46(27-31-51)57(61)68-54-34-21-43-19-20-47(41-48(43)42-54)58(62)67-52-32-24-45(25-33-52)56(60)66-53-37-35-50(36-38-53)64-40-18-16-14-12-10-8-6-4-2/h19-38,41-42H,3-18,39-40H2,1-2H3. The molecule has 6 aromatic carbocycles. The van der Waals surface area contributed by atoms with Crippen LogP contribution >= 0.6 is 0 Å². The molecule has 0 radical (unpaired) electrons. The number of benzene rings is 6. The van der Waals surface area contributed by atoms with Crippen molar-refractivity contribution in [2.75, 3.05) is 13.2 Å². The predicted octanol–water partition coefficient (Wildman–Crippen LogP) is 14.8. The molecule has 0 saturated carbocycles. The van der Waals surface area contributed by atoms with Crippen molar-refractivity contribution in [3.63, 3.8) is 0 Å².